The minimum Gasteiger partial charge on any atom is -0.0654 e. The Morgan fingerprint density at radius 3 is 0.893 bits per heavy atom. The van der Waals surface area contributed by atoms with Crippen molar-refractivity contribution >= 4 is 14.6 Å². The molecule has 0 saturated heterocycles. The lowest BCUT2D eigenvalue weighted by Crippen LogP contribution is -2.08. The van der Waals surface area contributed by atoms with Crippen LogP contribution in [0.25, 0.3) is 0 Å². The zero-order chi connectivity index (χ0) is 20.9. The van der Waals surface area contributed by atoms with E-state index in [2.05, 4.69) is 34.1 Å². The van der Waals surface area contributed by atoms with Gasteiger partial charge in [-0.1, -0.05) is 97.8 Å². The van der Waals surface area contributed by atoms with Gasteiger partial charge in [0.1, 0.15) is 0 Å². The van der Waals surface area contributed by atoms with E-state index in [9.17, 15) is 0 Å². The van der Waals surface area contributed by atoms with Gasteiger partial charge in [0.15, 0.2) is 0 Å². The van der Waals surface area contributed by atoms with Crippen LogP contribution >= 0.6 is 14.6 Å². The summed E-state index contributed by atoms with van der Waals surface area (Å²) in [5.41, 5.74) is 0. The van der Waals surface area contributed by atoms with Gasteiger partial charge in [0.2, 0.25) is 0 Å². The van der Waals surface area contributed by atoms with Crippen LogP contribution in [0.3, 0.4) is 0 Å². The topological polar surface area (TPSA) is 0 Å². The molecule has 0 nitrogen and oxygen atoms in total. The lowest BCUT2D eigenvalue weighted by Gasteiger charge is -2.31. The third-order valence-electron chi connectivity index (χ3n) is 6.63. The molecule has 0 atom stereocenters. The fourth-order valence-electron chi connectivity index (χ4n) is 4.49. The second-order valence-electron chi connectivity index (χ2n) is 9.42. The monoisotopic (exact) mass is 431 g/mol. The summed E-state index contributed by atoms with van der Waals surface area (Å²) in [6.07, 6.45) is 31.5. The summed E-state index contributed by atoms with van der Waals surface area (Å²) in [4.78, 5) is 0. The van der Waals surface area contributed by atoms with Crippen molar-refractivity contribution in [1.29, 1.82) is 0 Å². The van der Waals surface area contributed by atoms with Crippen molar-refractivity contribution in [2.45, 2.75) is 136 Å². The zero-order valence-electron chi connectivity index (χ0n) is 20.7. The molecule has 0 unspecified atom stereocenters. The van der Waals surface area contributed by atoms with Crippen molar-refractivity contribution in [3.05, 3.63) is 0 Å². The Morgan fingerprint density at radius 1 is 0.393 bits per heavy atom. The first-order valence-corrected chi connectivity index (χ1v) is 18.5. The smallest absolute Gasteiger partial charge is 0.0616 e. The van der Waals surface area contributed by atoms with E-state index in [4.69, 9.17) is 0 Å². The van der Waals surface area contributed by atoms with Crippen LogP contribution in [-0.4, -0.2) is 31.8 Å². The lowest BCUT2D eigenvalue weighted by atomic mass is 10.1. The molecular weight excluding hydrogens is 374 g/mol. The second kappa shape index (κ2) is 21.1. The maximum Gasteiger partial charge on any atom is 0.0616 e. The molecule has 0 rings (SSSR count). The summed E-state index contributed by atoms with van der Waals surface area (Å²) < 4.78 is 0. The molecule has 0 aromatic heterocycles. The molecule has 0 aromatic carbocycles. The van der Waals surface area contributed by atoms with Crippen LogP contribution in [0.2, 0.25) is 0 Å². The maximum atomic E-state index is 2.65. The van der Waals surface area contributed by atoms with Crippen LogP contribution in [0.15, 0.2) is 0 Å². The average molecular weight is 432 g/mol. The van der Waals surface area contributed by atoms with Gasteiger partial charge >= 0.3 is 0 Å². The minimum absolute atomic E-state index is 0.280. The average Bonchev–Trinajstić information content (AvgIpc) is 2.69. The minimum atomic E-state index is -0.670. The molecule has 0 aromatic rings. The van der Waals surface area contributed by atoms with Crippen LogP contribution in [-0.2, 0) is 0 Å². The third kappa shape index (κ3) is 15.7. The van der Waals surface area contributed by atoms with E-state index < -0.39 is 6.95 Å². The Hall–Kier alpha value is 0.860. The summed E-state index contributed by atoms with van der Waals surface area (Å²) in [5.74, 6) is 0. The van der Waals surface area contributed by atoms with Crippen molar-refractivity contribution in [1.82, 2.24) is 0 Å². The molecule has 0 aliphatic carbocycles. The van der Waals surface area contributed by atoms with Crippen LogP contribution in [0.4, 0.5) is 0 Å². The first kappa shape index (κ1) is 28.9. The number of rotatable bonds is 22. The number of unbranched alkanes of at least 4 members (excludes halogenated alkanes) is 15. The van der Waals surface area contributed by atoms with Crippen molar-refractivity contribution < 1.29 is 0 Å². The summed E-state index contributed by atoms with van der Waals surface area (Å²) in [5, 5.41) is 0. The summed E-state index contributed by atoms with van der Waals surface area (Å²) in [6, 6.07) is 0. The van der Waals surface area contributed by atoms with Gasteiger partial charge in [-0.2, -0.15) is 0 Å². The summed E-state index contributed by atoms with van der Waals surface area (Å²) in [7, 11) is 0.280. The van der Waals surface area contributed by atoms with Gasteiger partial charge in [-0.25, -0.2) is 0 Å². The molecule has 0 aliphatic heterocycles. The highest BCUT2D eigenvalue weighted by molar-refractivity contribution is 8.38. The first-order chi connectivity index (χ1) is 13.6. The molecule has 0 saturated carbocycles. The fraction of sp³-hybridized carbons (Fsp3) is 1.00. The van der Waals surface area contributed by atoms with Gasteiger partial charge in [-0.05, 0) is 51.9 Å². The molecule has 0 amide bonds. The van der Waals surface area contributed by atoms with Gasteiger partial charge in [0.25, 0.3) is 0 Å². The van der Waals surface area contributed by atoms with Gasteiger partial charge < -0.3 is 0 Å². The maximum absolute atomic E-state index is 2.65. The van der Waals surface area contributed by atoms with Crippen molar-refractivity contribution in [2.24, 2.45) is 0 Å². The van der Waals surface area contributed by atoms with E-state index in [1.54, 1.807) is 37.7 Å². The van der Waals surface area contributed by atoms with E-state index in [0.717, 1.165) is 0 Å². The van der Waals surface area contributed by atoms with E-state index in [1.807, 2.05) is 0 Å². The summed E-state index contributed by atoms with van der Waals surface area (Å²) >= 11 is 0. The highest BCUT2D eigenvalue weighted by Crippen LogP contribution is 2.82. The molecule has 0 N–H and O–H groups in total. The first-order valence-electron chi connectivity index (χ1n) is 13.2. The molecular formula is C26H57P2+. The predicted octanol–water partition coefficient (Wildman–Crippen LogP) is 10.7. The van der Waals surface area contributed by atoms with Crippen LogP contribution in [0, 0.1) is 0 Å². The fourth-order valence-corrected chi connectivity index (χ4v) is 13.7. The summed E-state index contributed by atoms with van der Waals surface area (Å²) in [6.45, 7) is 11.6. The number of hydrogen-bond acceptors (Lipinski definition) is 0. The molecule has 0 spiro atoms. The molecule has 170 valence electrons. The molecule has 0 aliphatic rings. The predicted molar refractivity (Wildman–Crippen MR) is 140 cm³/mol. The van der Waals surface area contributed by atoms with Crippen LogP contribution in [0.1, 0.15) is 136 Å². The highest BCUT2D eigenvalue weighted by atomic mass is 32.1. The Kier molecular flexibility index (Phi) is 21.8. The van der Waals surface area contributed by atoms with E-state index in [0.29, 0.717) is 0 Å². The molecule has 28 heavy (non-hydrogen) atoms. The quantitative estimate of drug-likeness (QED) is 0.118. The number of hydrogen-bond donors (Lipinski definition) is 0. The standard InChI is InChI=1S/C26H57P2/c1-6-9-12-15-18-21-24-28(27(4)5,25-22-19-16-13-10-7-2)26-23-20-17-14-11-8-3/h6-26H2,1-5H3/q+1. The lowest BCUT2D eigenvalue weighted by molar-refractivity contribution is 0.617. The second-order valence-corrected chi connectivity index (χ2v) is 19.6. The molecule has 2 heteroatoms. The van der Waals surface area contributed by atoms with Crippen molar-refractivity contribution in [2.75, 3.05) is 31.8 Å². The Balaban J connectivity index is 4.45. The molecule has 0 bridgehead atoms. The molecule has 0 fully saturated rings. The Labute approximate surface area is 182 Å². The zero-order valence-corrected chi connectivity index (χ0v) is 22.5. The Morgan fingerprint density at radius 2 is 0.643 bits per heavy atom. The largest absolute Gasteiger partial charge is 0.0654 e. The normalized spacial score (nSPS) is 12.2. The van der Waals surface area contributed by atoms with Gasteiger partial charge in [0, 0.05) is 14.6 Å². The molecule has 0 heterocycles. The van der Waals surface area contributed by atoms with Crippen molar-refractivity contribution in [3.8, 4) is 0 Å². The third-order valence-corrected chi connectivity index (χ3v) is 18.7. The highest BCUT2D eigenvalue weighted by Gasteiger charge is 2.39. The molecule has 0 radical (unpaired) electrons. The van der Waals surface area contributed by atoms with Crippen LogP contribution < -0.4 is 0 Å². The van der Waals surface area contributed by atoms with Crippen LogP contribution in [0.5, 0.6) is 0 Å². The van der Waals surface area contributed by atoms with E-state index in [-0.39, 0.29) is 7.61 Å². The van der Waals surface area contributed by atoms with E-state index >= 15 is 0 Å². The SMILES string of the molecule is CCCCCCCC[P+](CCCCCCCC)(CCCCCCCC)P(C)C. The van der Waals surface area contributed by atoms with Gasteiger partial charge in [-0.15, -0.1) is 0 Å². The van der Waals surface area contributed by atoms with E-state index in [1.165, 1.54) is 96.3 Å². The Bertz CT molecular complexity index is 260. The van der Waals surface area contributed by atoms with Gasteiger partial charge in [0.05, 0.1) is 18.5 Å². The van der Waals surface area contributed by atoms with Gasteiger partial charge in [-0.3, -0.25) is 0 Å². The van der Waals surface area contributed by atoms with Crippen molar-refractivity contribution in [3.63, 3.8) is 0 Å².